The highest BCUT2D eigenvalue weighted by molar-refractivity contribution is 5.94. The molecule has 0 bridgehead atoms. The number of hydrogen-bond donors (Lipinski definition) is 2. The number of benzene rings is 3. The van der Waals surface area contributed by atoms with Gasteiger partial charge in [-0.2, -0.15) is 0 Å². The first kappa shape index (κ1) is 29.0. The molecular formula is C30H30ClF2N3O4. The Morgan fingerprint density at radius 2 is 1.88 bits per heavy atom. The number of nitrogens with zero attached hydrogens (tertiary/aromatic N) is 1. The lowest BCUT2D eigenvalue weighted by Gasteiger charge is -2.11. The molecule has 1 aliphatic rings. The Balaban J connectivity index is 0.00000370. The molecule has 3 N–H and O–H groups in total. The zero-order chi connectivity index (χ0) is 27.4. The fourth-order valence-electron chi connectivity index (χ4n) is 4.17. The molecule has 1 aromatic heterocycles. The Bertz CT molecular complexity index is 1460. The molecule has 0 aliphatic heterocycles. The maximum absolute atomic E-state index is 14.1. The number of oxazole rings is 1. The lowest BCUT2D eigenvalue weighted by Crippen LogP contribution is -2.26. The van der Waals surface area contributed by atoms with E-state index in [1.54, 1.807) is 25.3 Å². The number of halogens is 3. The van der Waals surface area contributed by atoms with E-state index in [1.807, 2.05) is 30.3 Å². The minimum absolute atomic E-state index is 0. The van der Waals surface area contributed by atoms with Crippen LogP contribution in [-0.2, 0) is 13.0 Å². The zero-order valence-corrected chi connectivity index (χ0v) is 22.7. The normalized spacial score (nSPS) is 13.3. The third-order valence-corrected chi connectivity index (χ3v) is 6.54. The van der Waals surface area contributed by atoms with Crippen LogP contribution in [0.4, 0.5) is 8.78 Å². The van der Waals surface area contributed by atoms with Gasteiger partial charge in [-0.3, -0.25) is 4.79 Å². The topological polar surface area (TPSA) is 99.6 Å². The number of carbonyl (C=O) groups excluding carboxylic acids is 1. The molecule has 5 rings (SSSR count). The molecule has 1 unspecified atom stereocenters. The summed E-state index contributed by atoms with van der Waals surface area (Å²) in [4.78, 5) is 17.7. The Labute approximate surface area is 237 Å². The standard InChI is InChI=1S/C30H29F2N3O4.ClH/c1-37-25-12-10-20(14-26(25)38-17-19-7-8-19)30-35-27(28(39-30)24(33)13-18-5-3-2-4-6-18)29(36)34-16-21-9-11-22(31)15-23(21)32;/h2-6,9-12,14-15,19,24H,7-8,13,16-17,33H2,1H3,(H,34,36);1H. The van der Waals surface area contributed by atoms with Crippen LogP contribution in [0.5, 0.6) is 11.5 Å². The van der Waals surface area contributed by atoms with Crippen LogP contribution in [0.1, 0.15) is 46.3 Å². The second kappa shape index (κ2) is 12.9. The Kier molecular flexibility index (Phi) is 9.39. The second-order valence-corrected chi connectivity index (χ2v) is 9.57. The molecule has 0 spiro atoms. The monoisotopic (exact) mass is 569 g/mol. The van der Waals surface area contributed by atoms with Crippen molar-refractivity contribution in [1.29, 1.82) is 0 Å². The molecule has 210 valence electrons. The van der Waals surface area contributed by atoms with Gasteiger partial charge in [0.2, 0.25) is 5.89 Å². The van der Waals surface area contributed by atoms with Gasteiger partial charge in [0.1, 0.15) is 11.6 Å². The predicted octanol–water partition coefficient (Wildman–Crippen LogP) is 6.01. The maximum Gasteiger partial charge on any atom is 0.273 e. The van der Waals surface area contributed by atoms with E-state index in [2.05, 4.69) is 10.3 Å². The molecule has 0 saturated heterocycles. The van der Waals surface area contributed by atoms with Crippen LogP contribution >= 0.6 is 12.4 Å². The molecule has 1 atom stereocenters. The molecule has 3 aromatic carbocycles. The van der Waals surface area contributed by atoms with Gasteiger partial charge in [-0.1, -0.05) is 36.4 Å². The molecule has 1 amide bonds. The number of rotatable bonds is 11. The number of carbonyl (C=O) groups is 1. The van der Waals surface area contributed by atoms with E-state index >= 15 is 0 Å². The van der Waals surface area contributed by atoms with E-state index in [-0.39, 0.29) is 41.9 Å². The lowest BCUT2D eigenvalue weighted by atomic mass is 10.0. The van der Waals surface area contributed by atoms with Crippen molar-refractivity contribution in [2.75, 3.05) is 13.7 Å². The fraction of sp³-hybridized carbons (Fsp3) is 0.267. The first-order valence-electron chi connectivity index (χ1n) is 12.7. The van der Waals surface area contributed by atoms with E-state index in [0.29, 0.717) is 36.0 Å². The van der Waals surface area contributed by atoms with Crippen molar-refractivity contribution in [3.05, 3.63) is 101 Å². The smallest absolute Gasteiger partial charge is 0.273 e. The maximum atomic E-state index is 14.1. The highest BCUT2D eigenvalue weighted by Gasteiger charge is 2.27. The van der Waals surface area contributed by atoms with Crippen molar-refractivity contribution in [1.82, 2.24) is 10.3 Å². The van der Waals surface area contributed by atoms with Crippen molar-refractivity contribution in [2.45, 2.75) is 31.8 Å². The zero-order valence-electron chi connectivity index (χ0n) is 21.9. The average Bonchev–Trinajstić information content (AvgIpc) is 3.66. The van der Waals surface area contributed by atoms with E-state index in [1.165, 1.54) is 6.07 Å². The van der Waals surface area contributed by atoms with Crippen molar-refractivity contribution < 1.29 is 27.5 Å². The molecule has 1 saturated carbocycles. The van der Waals surface area contributed by atoms with E-state index in [4.69, 9.17) is 19.6 Å². The molecule has 40 heavy (non-hydrogen) atoms. The van der Waals surface area contributed by atoms with Crippen LogP contribution in [0.25, 0.3) is 11.5 Å². The first-order chi connectivity index (χ1) is 18.9. The number of amides is 1. The molecule has 4 aromatic rings. The highest BCUT2D eigenvalue weighted by atomic mass is 35.5. The third kappa shape index (κ3) is 6.97. The van der Waals surface area contributed by atoms with Gasteiger partial charge in [-0.05, 0) is 55.0 Å². The van der Waals surface area contributed by atoms with E-state index in [9.17, 15) is 13.6 Å². The van der Waals surface area contributed by atoms with Gasteiger partial charge < -0.3 is 24.9 Å². The average molecular weight is 570 g/mol. The summed E-state index contributed by atoms with van der Waals surface area (Å²) in [5.41, 5.74) is 8.18. The number of hydrogen-bond acceptors (Lipinski definition) is 6. The molecule has 1 aliphatic carbocycles. The Morgan fingerprint density at radius 1 is 1.10 bits per heavy atom. The van der Waals surface area contributed by atoms with Gasteiger partial charge in [0.15, 0.2) is 23.0 Å². The lowest BCUT2D eigenvalue weighted by molar-refractivity contribution is 0.0943. The van der Waals surface area contributed by atoms with Crippen LogP contribution in [0, 0.1) is 17.6 Å². The summed E-state index contributed by atoms with van der Waals surface area (Å²) in [7, 11) is 1.57. The van der Waals surface area contributed by atoms with Crippen molar-refractivity contribution in [2.24, 2.45) is 11.7 Å². The number of methoxy groups -OCH3 is 1. The number of nitrogens with two attached hydrogens (primary N) is 1. The van der Waals surface area contributed by atoms with Gasteiger partial charge in [-0.15, -0.1) is 12.4 Å². The van der Waals surface area contributed by atoms with Crippen LogP contribution in [0.15, 0.2) is 71.1 Å². The number of ether oxygens (including phenoxy) is 2. The first-order valence-corrected chi connectivity index (χ1v) is 12.7. The predicted molar refractivity (Wildman–Crippen MR) is 149 cm³/mol. The largest absolute Gasteiger partial charge is 0.493 e. The van der Waals surface area contributed by atoms with E-state index < -0.39 is 23.6 Å². The van der Waals surface area contributed by atoms with Gasteiger partial charge in [0.05, 0.1) is 19.8 Å². The van der Waals surface area contributed by atoms with Crippen LogP contribution in [0.2, 0.25) is 0 Å². The summed E-state index contributed by atoms with van der Waals surface area (Å²) < 4.78 is 44.9. The molecular weight excluding hydrogens is 540 g/mol. The molecule has 1 heterocycles. The fourth-order valence-corrected chi connectivity index (χ4v) is 4.17. The van der Waals surface area contributed by atoms with Gasteiger partial charge in [-0.25, -0.2) is 13.8 Å². The Morgan fingerprint density at radius 3 is 2.58 bits per heavy atom. The summed E-state index contributed by atoms with van der Waals surface area (Å²) in [6.07, 6.45) is 2.69. The minimum atomic E-state index is -0.755. The third-order valence-electron chi connectivity index (χ3n) is 6.54. The SMILES string of the molecule is COc1ccc(-c2nc(C(=O)NCc3ccc(F)cc3F)c(C(N)Cc3ccccc3)o2)cc1OCC1CC1.Cl. The van der Waals surface area contributed by atoms with Crippen LogP contribution in [-0.4, -0.2) is 24.6 Å². The van der Waals surface area contributed by atoms with Crippen LogP contribution < -0.4 is 20.5 Å². The molecule has 10 heteroatoms. The van der Waals surface area contributed by atoms with Crippen molar-refractivity contribution >= 4 is 18.3 Å². The van der Waals surface area contributed by atoms with Crippen molar-refractivity contribution in [3.8, 4) is 23.0 Å². The summed E-state index contributed by atoms with van der Waals surface area (Å²) in [5.74, 6) is 0.00821. The minimum Gasteiger partial charge on any atom is -0.493 e. The summed E-state index contributed by atoms with van der Waals surface area (Å²) in [5, 5.41) is 2.64. The Hall–Kier alpha value is -3.95. The van der Waals surface area contributed by atoms with Gasteiger partial charge in [0, 0.05) is 23.7 Å². The van der Waals surface area contributed by atoms with Crippen LogP contribution in [0.3, 0.4) is 0 Å². The summed E-state index contributed by atoms with van der Waals surface area (Å²) in [6, 6.07) is 17.3. The number of aromatic nitrogens is 1. The second-order valence-electron chi connectivity index (χ2n) is 9.57. The summed E-state index contributed by atoms with van der Waals surface area (Å²) in [6.45, 7) is 0.425. The molecule has 7 nitrogen and oxygen atoms in total. The highest BCUT2D eigenvalue weighted by Crippen LogP contribution is 2.36. The van der Waals surface area contributed by atoms with E-state index in [0.717, 1.165) is 30.5 Å². The van der Waals surface area contributed by atoms with Gasteiger partial charge >= 0.3 is 0 Å². The summed E-state index contributed by atoms with van der Waals surface area (Å²) >= 11 is 0. The van der Waals surface area contributed by atoms with Gasteiger partial charge in [0.25, 0.3) is 5.91 Å². The molecule has 1 fully saturated rings. The molecule has 0 radical (unpaired) electrons. The number of nitrogens with one attached hydrogen (secondary N) is 1. The quantitative estimate of drug-likeness (QED) is 0.229. The van der Waals surface area contributed by atoms with Crippen molar-refractivity contribution in [3.63, 3.8) is 0 Å².